The van der Waals surface area contributed by atoms with Crippen LogP contribution in [0.1, 0.15) is 44.7 Å². The number of rotatable bonds is 1. The largest absolute Gasteiger partial charge is 0.0620 e. The van der Waals surface area contributed by atoms with Gasteiger partial charge in [0.1, 0.15) is 0 Å². The van der Waals surface area contributed by atoms with Crippen molar-refractivity contribution < 1.29 is 0 Å². The summed E-state index contributed by atoms with van der Waals surface area (Å²) in [4.78, 5) is 0. The molecule has 1 unspecified atom stereocenters. The van der Waals surface area contributed by atoms with Crippen molar-refractivity contribution in [2.24, 2.45) is 5.41 Å². The smallest absolute Gasteiger partial charge is 0.0139 e. The molecule has 0 aliphatic heterocycles. The molecule has 72 valence electrons. The van der Waals surface area contributed by atoms with Crippen LogP contribution in [-0.2, 0) is 0 Å². The van der Waals surface area contributed by atoms with Gasteiger partial charge in [0, 0.05) is 0 Å². The Kier molecular flexibility index (Phi) is 2.80. The molecule has 1 aromatic rings. The summed E-state index contributed by atoms with van der Waals surface area (Å²) in [5, 5.41) is 0. The first-order chi connectivity index (χ1) is 5.93. The highest BCUT2D eigenvalue weighted by molar-refractivity contribution is 5.29. The molecule has 0 fully saturated rings. The fourth-order valence-electron chi connectivity index (χ4n) is 1.54. The van der Waals surface area contributed by atoms with E-state index in [0.717, 1.165) is 0 Å². The average molecular weight is 176 g/mol. The molecule has 13 heavy (non-hydrogen) atoms. The Labute approximate surface area is 82.0 Å². The van der Waals surface area contributed by atoms with Crippen LogP contribution >= 0.6 is 0 Å². The fraction of sp³-hybridized carbons (Fsp3) is 0.538. The topological polar surface area (TPSA) is 0 Å². The van der Waals surface area contributed by atoms with E-state index in [1.807, 2.05) is 0 Å². The van der Waals surface area contributed by atoms with Gasteiger partial charge < -0.3 is 0 Å². The van der Waals surface area contributed by atoms with Crippen LogP contribution in [-0.4, -0.2) is 0 Å². The van der Waals surface area contributed by atoms with Crippen LogP contribution < -0.4 is 0 Å². The van der Waals surface area contributed by atoms with Crippen molar-refractivity contribution in [2.75, 3.05) is 0 Å². The van der Waals surface area contributed by atoms with E-state index in [1.165, 1.54) is 11.1 Å². The molecule has 0 bridgehead atoms. The third kappa shape index (κ3) is 2.33. The maximum atomic E-state index is 2.31. The number of benzene rings is 1. The highest BCUT2D eigenvalue weighted by Crippen LogP contribution is 2.35. The third-order valence-electron chi connectivity index (χ3n) is 2.95. The maximum Gasteiger partial charge on any atom is -0.0139 e. The lowest BCUT2D eigenvalue weighted by Crippen LogP contribution is -2.16. The molecular formula is C13H20. The monoisotopic (exact) mass is 176 g/mol. The summed E-state index contributed by atoms with van der Waals surface area (Å²) < 4.78 is 0. The summed E-state index contributed by atoms with van der Waals surface area (Å²) in [6.45, 7) is 11.4. The molecule has 0 heterocycles. The van der Waals surface area contributed by atoms with Crippen molar-refractivity contribution in [1.82, 2.24) is 0 Å². The molecule has 0 heteroatoms. The zero-order valence-electron chi connectivity index (χ0n) is 9.39. The van der Waals surface area contributed by atoms with Crippen molar-refractivity contribution in [2.45, 2.75) is 40.5 Å². The third-order valence-corrected chi connectivity index (χ3v) is 2.95. The zero-order chi connectivity index (χ0) is 10.1. The van der Waals surface area contributed by atoms with E-state index < -0.39 is 0 Å². The Morgan fingerprint density at radius 1 is 1.08 bits per heavy atom. The molecule has 0 radical (unpaired) electrons. The molecule has 0 N–H and O–H groups in total. The lowest BCUT2D eigenvalue weighted by atomic mass is 9.76. The van der Waals surface area contributed by atoms with Crippen molar-refractivity contribution in [3.63, 3.8) is 0 Å². The Morgan fingerprint density at radius 3 is 2.08 bits per heavy atom. The molecule has 0 aliphatic rings. The number of aryl methyl sites for hydroxylation is 1. The fourth-order valence-corrected chi connectivity index (χ4v) is 1.54. The highest BCUT2D eigenvalue weighted by atomic mass is 14.3. The van der Waals surface area contributed by atoms with Crippen LogP contribution in [0.4, 0.5) is 0 Å². The van der Waals surface area contributed by atoms with Crippen LogP contribution in [0.15, 0.2) is 24.3 Å². The molecule has 0 amide bonds. The zero-order valence-corrected chi connectivity index (χ0v) is 9.39. The van der Waals surface area contributed by atoms with E-state index in [4.69, 9.17) is 0 Å². The normalized spacial score (nSPS) is 14.2. The van der Waals surface area contributed by atoms with Gasteiger partial charge in [-0.3, -0.25) is 0 Å². The number of hydrogen-bond donors (Lipinski definition) is 0. The van der Waals surface area contributed by atoms with E-state index in [1.54, 1.807) is 0 Å². The minimum Gasteiger partial charge on any atom is -0.0620 e. The molecule has 1 aromatic carbocycles. The van der Waals surface area contributed by atoms with Gasteiger partial charge in [-0.2, -0.15) is 0 Å². The molecule has 0 saturated heterocycles. The van der Waals surface area contributed by atoms with Crippen LogP contribution in [0.3, 0.4) is 0 Å². The molecule has 0 spiro atoms. The van der Waals surface area contributed by atoms with Crippen molar-refractivity contribution in [3.8, 4) is 0 Å². The van der Waals surface area contributed by atoms with Gasteiger partial charge in [-0.05, 0) is 29.4 Å². The van der Waals surface area contributed by atoms with Gasteiger partial charge in [0.05, 0.1) is 0 Å². The Morgan fingerprint density at radius 2 is 1.62 bits per heavy atom. The second kappa shape index (κ2) is 3.53. The lowest BCUT2D eigenvalue weighted by Gasteiger charge is -2.28. The molecular weight excluding hydrogens is 156 g/mol. The molecule has 1 atom stereocenters. The molecule has 1 rings (SSSR count). The summed E-state index contributed by atoms with van der Waals surface area (Å²) in [6.07, 6.45) is 0. The lowest BCUT2D eigenvalue weighted by molar-refractivity contribution is 0.338. The van der Waals surface area contributed by atoms with Crippen molar-refractivity contribution >= 4 is 0 Å². The van der Waals surface area contributed by atoms with E-state index >= 15 is 0 Å². The highest BCUT2D eigenvalue weighted by Gasteiger charge is 2.22. The second-order valence-electron chi connectivity index (χ2n) is 4.94. The minimum absolute atomic E-state index is 0.353. The van der Waals surface area contributed by atoms with Crippen LogP contribution in [0.5, 0.6) is 0 Å². The summed E-state index contributed by atoms with van der Waals surface area (Å²) in [5.41, 5.74) is 3.24. The summed E-state index contributed by atoms with van der Waals surface area (Å²) in [5.74, 6) is 0.619. The molecule has 0 aliphatic carbocycles. The van der Waals surface area contributed by atoms with E-state index in [2.05, 4.69) is 58.9 Å². The maximum absolute atomic E-state index is 2.31. The van der Waals surface area contributed by atoms with Gasteiger partial charge in [-0.1, -0.05) is 52.0 Å². The van der Waals surface area contributed by atoms with E-state index in [0.29, 0.717) is 11.3 Å². The van der Waals surface area contributed by atoms with Crippen LogP contribution in [0.25, 0.3) is 0 Å². The second-order valence-corrected chi connectivity index (χ2v) is 4.94. The van der Waals surface area contributed by atoms with Crippen molar-refractivity contribution in [3.05, 3.63) is 35.4 Å². The Balaban J connectivity index is 3.02. The molecule has 0 aromatic heterocycles. The van der Waals surface area contributed by atoms with Gasteiger partial charge in [-0.25, -0.2) is 0 Å². The Bertz CT molecular complexity index is 278. The first-order valence-corrected chi connectivity index (χ1v) is 4.98. The SMILES string of the molecule is Cc1ccccc1C(C)C(C)(C)C. The van der Waals surface area contributed by atoms with Gasteiger partial charge in [0.25, 0.3) is 0 Å². The van der Waals surface area contributed by atoms with Gasteiger partial charge in [0.15, 0.2) is 0 Å². The van der Waals surface area contributed by atoms with Gasteiger partial charge in [-0.15, -0.1) is 0 Å². The first kappa shape index (κ1) is 10.3. The van der Waals surface area contributed by atoms with Crippen LogP contribution in [0, 0.1) is 12.3 Å². The number of hydrogen-bond acceptors (Lipinski definition) is 0. The predicted molar refractivity (Wildman–Crippen MR) is 59.0 cm³/mol. The summed E-state index contributed by atoms with van der Waals surface area (Å²) in [7, 11) is 0. The van der Waals surface area contributed by atoms with E-state index in [-0.39, 0.29) is 0 Å². The van der Waals surface area contributed by atoms with Gasteiger partial charge in [0.2, 0.25) is 0 Å². The quantitative estimate of drug-likeness (QED) is 0.603. The predicted octanol–water partition coefficient (Wildman–Crippen LogP) is 4.14. The minimum atomic E-state index is 0.353. The van der Waals surface area contributed by atoms with E-state index in [9.17, 15) is 0 Å². The summed E-state index contributed by atoms with van der Waals surface area (Å²) in [6, 6.07) is 8.67. The standard InChI is InChI=1S/C13H20/c1-10-8-6-7-9-12(10)11(2)13(3,4)5/h6-9,11H,1-5H3. The summed E-state index contributed by atoms with van der Waals surface area (Å²) >= 11 is 0. The molecule has 0 nitrogen and oxygen atoms in total. The molecule has 0 saturated carbocycles. The van der Waals surface area contributed by atoms with Gasteiger partial charge >= 0.3 is 0 Å². The Hall–Kier alpha value is -0.780. The first-order valence-electron chi connectivity index (χ1n) is 4.98. The van der Waals surface area contributed by atoms with Crippen LogP contribution in [0.2, 0.25) is 0 Å². The average Bonchev–Trinajstić information content (AvgIpc) is 2.02. The van der Waals surface area contributed by atoms with Crippen molar-refractivity contribution in [1.29, 1.82) is 0 Å².